The van der Waals surface area contributed by atoms with Gasteiger partial charge in [-0.05, 0) is 43.3 Å². The van der Waals surface area contributed by atoms with Crippen LogP contribution in [0.5, 0.6) is 0 Å². The van der Waals surface area contributed by atoms with Gasteiger partial charge in [-0.15, -0.1) is 0 Å². The minimum absolute atomic E-state index is 0.0661. The third kappa shape index (κ3) is 4.58. The molecule has 0 saturated heterocycles. The fraction of sp³-hybridized carbons (Fsp3) is 0.105. The van der Waals surface area contributed by atoms with E-state index in [0.717, 1.165) is 11.8 Å². The SMILES string of the molecule is CC(=O)c1cccc(NC(=O)CSc2ncc(-c3ccc(F)cc3)o2)c1. The molecule has 2 aromatic carbocycles. The van der Waals surface area contributed by atoms with Crippen molar-refractivity contribution < 1.29 is 18.4 Å². The number of hydrogen-bond acceptors (Lipinski definition) is 5. The lowest BCUT2D eigenvalue weighted by Crippen LogP contribution is -2.14. The van der Waals surface area contributed by atoms with E-state index in [2.05, 4.69) is 10.3 Å². The Morgan fingerprint density at radius 1 is 1.19 bits per heavy atom. The molecule has 1 amide bonds. The molecule has 26 heavy (non-hydrogen) atoms. The second-order valence-corrected chi connectivity index (χ2v) is 6.40. The number of rotatable bonds is 6. The highest BCUT2D eigenvalue weighted by Crippen LogP contribution is 2.25. The maximum Gasteiger partial charge on any atom is 0.256 e. The van der Waals surface area contributed by atoms with Gasteiger partial charge in [0.15, 0.2) is 11.5 Å². The second-order valence-electron chi connectivity index (χ2n) is 5.47. The minimum atomic E-state index is -0.326. The van der Waals surface area contributed by atoms with Crippen molar-refractivity contribution in [2.75, 3.05) is 11.1 Å². The summed E-state index contributed by atoms with van der Waals surface area (Å²) in [5, 5.41) is 3.07. The Balaban J connectivity index is 1.57. The van der Waals surface area contributed by atoms with Gasteiger partial charge >= 0.3 is 0 Å². The zero-order valence-electron chi connectivity index (χ0n) is 13.9. The number of aromatic nitrogens is 1. The first kappa shape index (κ1) is 17.9. The average molecular weight is 370 g/mol. The van der Waals surface area contributed by atoms with Gasteiger partial charge in [0.2, 0.25) is 5.91 Å². The number of carbonyl (C=O) groups excluding carboxylic acids is 2. The van der Waals surface area contributed by atoms with Crippen molar-refractivity contribution in [3.63, 3.8) is 0 Å². The number of amides is 1. The first-order valence-electron chi connectivity index (χ1n) is 7.77. The van der Waals surface area contributed by atoms with E-state index in [-0.39, 0.29) is 23.3 Å². The quantitative estimate of drug-likeness (QED) is 0.514. The van der Waals surface area contributed by atoms with Gasteiger partial charge in [0.05, 0.1) is 11.9 Å². The number of anilines is 1. The summed E-state index contributed by atoms with van der Waals surface area (Å²) in [6, 6.07) is 12.6. The lowest BCUT2D eigenvalue weighted by molar-refractivity contribution is -0.113. The second kappa shape index (κ2) is 7.97. The Morgan fingerprint density at radius 2 is 1.96 bits per heavy atom. The highest BCUT2D eigenvalue weighted by molar-refractivity contribution is 7.99. The molecule has 1 heterocycles. The summed E-state index contributed by atoms with van der Waals surface area (Å²) < 4.78 is 18.5. The highest BCUT2D eigenvalue weighted by Gasteiger charge is 2.10. The van der Waals surface area contributed by atoms with Crippen LogP contribution in [0.1, 0.15) is 17.3 Å². The number of nitrogens with one attached hydrogen (secondary N) is 1. The molecule has 3 aromatic rings. The van der Waals surface area contributed by atoms with Crippen LogP contribution in [0, 0.1) is 5.82 Å². The van der Waals surface area contributed by atoms with Gasteiger partial charge in [-0.1, -0.05) is 23.9 Å². The highest BCUT2D eigenvalue weighted by atomic mass is 32.2. The molecule has 132 valence electrons. The minimum Gasteiger partial charge on any atom is -0.431 e. The van der Waals surface area contributed by atoms with E-state index >= 15 is 0 Å². The molecule has 1 N–H and O–H groups in total. The zero-order chi connectivity index (χ0) is 18.5. The van der Waals surface area contributed by atoms with E-state index in [1.165, 1.54) is 25.3 Å². The van der Waals surface area contributed by atoms with Crippen LogP contribution in [0.3, 0.4) is 0 Å². The monoisotopic (exact) mass is 370 g/mol. The molecule has 1 aromatic heterocycles. The van der Waals surface area contributed by atoms with Gasteiger partial charge in [-0.25, -0.2) is 9.37 Å². The number of benzene rings is 2. The van der Waals surface area contributed by atoms with Crippen molar-refractivity contribution in [1.29, 1.82) is 0 Å². The van der Waals surface area contributed by atoms with Crippen molar-refractivity contribution in [2.45, 2.75) is 12.1 Å². The molecule has 0 aliphatic carbocycles. The van der Waals surface area contributed by atoms with Gasteiger partial charge in [0, 0.05) is 16.8 Å². The smallest absolute Gasteiger partial charge is 0.256 e. The van der Waals surface area contributed by atoms with Gasteiger partial charge in [0.1, 0.15) is 5.82 Å². The lowest BCUT2D eigenvalue weighted by atomic mass is 10.1. The van der Waals surface area contributed by atoms with Crippen LogP contribution in [0.25, 0.3) is 11.3 Å². The number of thioether (sulfide) groups is 1. The third-order valence-electron chi connectivity index (χ3n) is 3.49. The topological polar surface area (TPSA) is 72.2 Å². The molecule has 0 bridgehead atoms. The molecule has 0 radical (unpaired) electrons. The molecule has 0 spiro atoms. The van der Waals surface area contributed by atoms with Crippen molar-refractivity contribution in [3.05, 3.63) is 66.1 Å². The van der Waals surface area contributed by atoms with Gasteiger partial charge in [0.25, 0.3) is 5.22 Å². The first-order chi connectivity index (χ1) is 12.5. The Morgan fingerprint density at radius 3 is 2.69 bits per heavy atom. The summed E-state index contributed by atoms with van der Waals surface area (Å²) in [5.74, 6) is -0.0236. The lowest BCUT2D eigenvalue weighted by Gasteiger charge is -2.05. The maximum atomic E-state index is 13.0. The van der Waals surface area contributed by atoms with Crippen LogP contribution in [0.15, 0.2) is 64.4 Å². The maximum absolute atomic E-state index is 13.0. The number of Topliss-reactive ketones (excluding diaryl/α,β-unsaturated/α-hetero) is 1. The zero-order valence-corrected chi connectivity index (χ0v) is 14.7. The van der Waals surface area contributed by atoms with Crippen LogP contribution in [-0.2, 0) is 4.79 Å². The van der Waals surface area contributed by atoms with Crippen molar-refractivity contribution >= 4 is 29.1 Å². The summed E-state index contributed by atoms with van der Waals surface area (Å²) in [4.78, 5) is 27.5. The van der Waals surface area contributed by atoms with Crippen molar-refractivity contribution in [2.24, 2.45) is 0 Å². The van der Waals surface area contributed by atoms with Gasteiger partial charge in [-0.2, -0.15) is 0 Å². The molecule has 0 aliphatic rings. The van der Waals surface area contributed by atoms with Crippen molar-refractivity contribution in [1.82, 2.24) is 4.98 Å². The predicted molar refractivity (Wildman–Crippen MR) is 97.7 cm³/mol. The molecule has 5 nitrogen and oxygen atoms in total. The molecule has 0 fully saturated rings. The summed E-state index contributed by atoms with van der Waals surface area (Å²) in [7, 11) is 0. The number of halogens is 1. The number of carbonyl (C=O) groups is 2. The van der Waals surface area contributed by atoms with E-state index in [1.807, 2.05) is 0 Å². The molecule has 7 heteroatoms. The fourth-order valence-electron chi connectivity index (χ4n) is 2.21. The number of hydrogen-bond donors (Lipinski definition) is 1. The Labute approximate surface area is 153 Å². The average Bonchev–Trinajstić information content (AvgIpc) is 3.10. The largest absolute Gasteiger partial charge is 0.431 e. The molecule has 0 atom stereocenters. The van der Waals surface area contributed by atoms with E-state index in [0.29, 0.717) is 27.8 Å². The standard InChI is InChI=1S/C19H15FN2O3S/c1-12(23)14-3-2-4-16(9-14)22-18(24)11-26-19-21-10-17(25-19)13-5-7-15(20)8-6-13/h2-10H,11H2,1H3,(H,22,24). The Hall–Kier alpha value is -2.93. The van der Waals surface area contributed by atoms with Crippen LogP contribution in [-0.4, -0.2) is 22.4 Å². The molecule has 0 aliphatic heterocycles. The Bertz CT molecular complexity index is 938. The normalized spacial score (nSPS) is 10.5. The van der Waals surface area contributed by atoms with Crippen LogP contribution < -0.4 is 5.32 Å². The summed E-state index contributed by atoms with van der Waals surface area (Å²) >= 11 is 1.15. The molecule has 0 saturated carbocycles. The number of oxazole rings is 1. The predicted octanol–water partition coefficient (Wildman–Crippen LogP) is 4.41. The Kier molecular flexibility index (Phi) is 5.48. The van der Waals surface area contributed by atoms with E-state index < -0.39 is 0 Å². The number of nitrogens with zero attached hydrogens (tertiary/aromatic N) is 1. The first-order valence-corrected chi connectivity index (χ1v) is 8.75. The number of ketones is 1. The van der Waals surface area contributed by atoms with E-state index in [9.17, 15) is 14.0 Å². The molecule has 3 rings (SSSR count). The molecule has 0 unspecified atom stereocenters. The van der Waals surface area contributed by atoms with Gasteiger partial charge in [-0.3, -0.25) is 9.59 Å². The molecular weight excluding hydrogens is 355 g/mol. The fourth-order valence-corrected chi connectivity index (χ4v) is 2.82. The summed E-state index contributed by atoms with van der Waals surface area (Å²) in [6.45, 7) is 1.47. The van der Waals surface area contributed by atoms with Crippen LogP contribution in [0.2, 0.25) is 0 Å². The molecular formula is C19H15FN2O3S. The summed E-state index contributed by atoms with van der Waals surface area (Å²) in [6.07, 6.45) is 1.53. The third-order valence-corrected chi connectivity index (χ3v) is 4.34. The van der Waals surface area contributed by atoms with Crippen LogP contribution >= 0.6 is 11.8 Å². The van der Waals surface area contributed by atoms with E-state index in [4.69, 9.17) is 4.42 Å². The van der Waals surface area contributed by atoms with Gasteiger partial charge < -0.3 is 9.73 Å². The van der Waals surface area contributed by atoms with Crippen LogP contribution in [0.4, 0.5) is 10.1 Å². The summed E-state index contributed by atoms with van der Waals surface area (Å²) in [5.41, 5.74) is 1.80. The van der Waals surface area contributed by atoms with E-state index in [1.54, 1.807) is 36.4 Å². The van der Waals surface area contributed by atoms with Crippen molar-refractivity contribution in [3.8, 4) is 11.3 Å².